The van der Waals surface area contributed by atoms with Crippen LogP contribution in [-0.2, 0) is 23.6 Å². The first kappa shape index (κ1) is 19.8. The van der Waals surface area contributed by atoms with Gasteiger partial charge in [0.1, 0.15) is 10.6 Å². The molecule has 148 valence electrons. The number of nitrogens with zero attached hydrogens (tertiary/aromatic N) is 3. The van der Waals surface area contributed by atoms with Crippen LogP contribution in [-0.4, -0.2) is 35.9 Å². The van der Waals surface area contributed by atoms with Gasteiger partial charge in [-0.3, -0.25) is 4.57 Å². The van der Waals surface area contributed by atoms with Gasteiger partial charge in [0, 0.05) is 19.2 Å². The molecule has 28 heavy (non-hydrogen) atoms. The Balaban J connectivity index is 1.74. The molecule has 3 aromatic rings. The molecule has 0 unspecified atom stereocenters. The van der Waals surface area contributed by atoms with Crippen molar-refractivity contribution in [1.29, 1.82) is 0 Å². The summed E-state index contributed by atoms with van der Waals surface area (Å²) in [6, 6.07) is 15.8. The van der Waals surface area contributed by atoms with E-state index in [-0.39, 0.29) is 23.7 Å². The number of hydrogen-bond donors (Lipinski definition) is 1. The molecule has 0 amide bonds. The molecule has 0 spiro atoms. The molecular formula is C19H22N4O4S. The Labute approximate surface area is 163 Å². The van der Waals surface area contributed by atoms with Gasteiger partial charge in [0.15, 0.2) is 5.82 Å². The van der Waals surface area contributed by atoms with Gasteiger partial charge in [-0.1, -0.05) is 42.5 Å². The molecule has 0 fully saturated rings. The number of rotatable bonds is 8. The lowest BCUT2D eigenvalue weighted by Crippen LogP contribution is -2.32. The third-order valence-electron chi connectivity index (χ3n) is 4.13. The summed E-state index contributed by atoms with van der Waals surface area (Å²) in [4.78, 5) is 12.5. The van der Waals surface area contributed by atoms with Crippen molar-refractivity contribution in [1.82, 2.24) is 19.1 Å². The minimum Gasteiger partial charge on any atom is -0.492 e. The van der Waals surface area contributed by atoms with Crippen molar-refractivity contribution in [2.24, 2.45) is 7.05 Å². The van der Waals surface area contributed by atoms with Gasteiger partial charge in [-0.15, -0.1) is 5.10 Å². The fourth-order valence-electron chi connectivity index (χ4n) is 2.78. The Morgan fingerprint density at radius 2 is 1.75 bits per heavy atom. The number of sulfonamides is 1. The molecule has 8 nitrogen and oxygen atoms in total. The molecule has 0 saturated heterocycles. The van der Waals surface area contributed by atoms with E-state index in [1.165, 1.54) is 15.3 Å². The van der Waals surface area contributed by atoms with Crippen LogP contribution in [0.25, 0.3) is 11.4 Å². The molecule has 9 heteroatoms. The summed E-state index contributed by atoms with van der Waals surface area (Å²) < 4.78 is 35.8. The minimum absolute atomic E-state index is 0.0218. The average molecular weight is 402 g/mol. The molecule has 1 N–H and O–H groups in total. The molecule has 0 radical (unpaired) electrons. The average Bonchev–Trinajstić information content (AvgIpc) is 2.98. The second-order valence-electron chi connectivity index (χ2n) is 6.03. The van der Waals surface area contributed by atoms with E-state index in [0.29, 0.717) is 18.2 Å². The van der Waals surface area contributed by atoms with E-state index in [0.717, 1.165) is 5.56 Å². The Hall–Kier alpha value is -2.91. The fourth-order valence-corrected chi connectivity index (χ4v) is 3.95. The predicted molar refractivity (Wildman–Crippen MR) is 106 cm³/mol. The molecular weight excluding hydrogens is 380 g/mol. The number of ether oxygens (including phenoxy) is 1. The summed E-state index contributed by atoms with van der Waals surface area (Å²) in [5.74, 6) is 0.814. The normalized spacial score (nSPS) is 11.5. The first-order valence-corrected chi connectivity index (χ1v) is 10.3. The lowest BCUT2D eigenvalue weighted by molar-refractivity contribution is 0.331. The van der Waals surface area contributed by atoms with Crippen molar-refractivity contribution in [3.63, 3.8) is 0 Å². The van der Waals surface area contributed by atoms with E-state index in [2.05, 4.69) is 9.82 Å². The summed E-state index contributed by atoms with van der Waals surface area (Å²) in [5.41, 5.74) is 0.500. The minimum atomic E-state index is -3.78. The molecule has 0 aliphatic heterocycles. The molecule has 0 aliphatic carbocycles. The maximum atomic E-state index is 12.6. The molecule has 3 rings (SSSR count). The van der Waals surface area contributed by atoms with Crippen molar-refractivity contribution >= 4 is 10.0 Å². The van der Waals surface area contributed by atoms with Gasteiger partial charge in [0.2, 0.25) is 10.0 Å². The lowest BCUT2D eigenvalue weighted by atomic mass is 10.2. The maximum Gasteiger partial charge on any atom is 0.345 e. The van der Waals surface area contributed by atoms with Gasteiger partial charge in [-0.05, 0) is 19.1 Å². The highest BCUT2D eigenvalue weighted by atomic mass is 32.2. The van der Waals surface area contributed by atoms with E-state index in [9.17, 15) is 13.2 Å². The van der Waals surface area contributed by atoms with E-state index >= 15 is 0 Å². The quantitative estimate of drug-likeness (QED) is 0.618. The van der Waals surface area contributed by atoms with Gasteiger partial charge in [0.25, 0.3) is 0 Å². The standard InChI is InChI=1S/C19H22N4O4S/c1-3-27-16-11-7-8-12-17(16)28(25,26)20-13-14-23-19(24)22(2)18(21-23)15-9-5-4-6-10-15/h4-12,20H,3,13-14H2,1-2H3. The molecule has 0 atom stereocenters. The zero-order valence-corrected chi connectivity index (χ0v) is 16.5. The number of hydrogen-bond acceptors (Lipinski definition) is 5. The van der Waals surface area contributed by atoms with Crippen LogP contribution in [0.2, 0.25) is 0 Å². The molecule has 1 heterocycles. The third kappa shape index (κ3) is 4.15. The first-order chi connectivity index (χ1) is 13.4. The van der Waals surface area contributed by atoms with Crippen LogP contribution in [0.3, 0.4) is 0 Å². The molecule has 0 saturated carbocycles. The Morgan fingerprint density at radius 1 is 1.07 bits per heavy atom. The predicted octanol–water partition coefficient (Wildman–Crippen LogP) is 1.63. The third-order valence-corrected chi connectivity index (χ3v) is 5.63. The summed E-state index contributed by atoms with van der Waals surface area (Å²) in [7, 11) is -2.14. The molecule has 1 aromatic heterocycles. The summed E-state index contributed by atoms with van der Waals surface area (Å²) in [6.45, 7) is 2.27. The number of benzene rings is 2. The van der Waals surface area contributed by atoms with Gasteiger partial charge in [-0.2, -0.15) is 0 Å². The first-order valence-electron chi connectivity index (χ1n) is 8.85. The van der Waals surface area contributed by atoms with Crippen LogP contribution in [0.15, 0.2) is 64.3 Å². The number of aromatic nitrogens is 3. The van der Waals surface area contributed by atoms with E-state index in [1.54, 1.807) is 32.2 Å². The zero-order chi connectivity index (χ0) is 20.1. The SMILES string of the molecule is CCOc1ccccc1S(=O)(=O)NCCn1nc(-c2ccccc2)n(C)c1=O. The van der Waals surface area contributed by atoms with Crippen molar-refractivity contribution in [3.8, 4) is 17.1 Å². The van der Waals surface area contributed by atoms with Crippen LogP contribution in [0.4, 0.5) is 0 Å². The molecule has 0 aliphatic rings. The van der Waals surface area contributed by atoms with Gasteiger partial charge in [0.05, 0.1) is 13.2 Å². The maximum absolute atomic E-state index is 12.6. The van der Waals surface area contributed by atoms with Crippen LogP contribution in [0.1, 0.15) is 6.92 Å². The van der Waals surface area contributed by atoms with Crippen molar-refractivity contribution in [2.75, 3.05) is 13.2 Å². The second kappa shape index (κ2) is 8.41. The Morgan fingerprint density at radius 3 is 2.46 bits per heavy atom. The van der Waals surface area contributed by atoms with Gasteiger partial charge in [-0.25, -0.2) is 22.6 Å². The topological polar surface area (TPSA) is 95.2 Å². The highest BCUT2D eigenvalue weighted by molar-refractivity contribution is 7.89. The number of nitrogens with one attached hydrogen (secondary N) is 1. The van der Waals surface area contributed by atoms with E-state index in [4.69, 9.17) is 4.74 Å². The summed E-state index contributed by atoms with van der Waals surface area (Å²) in [5, 5.41) is 4.33. The largest absolute Gasteiger partial charge is 0.492 e. The monoisotopic (exact) mass is 402 g/mol. The van der Waals surface area contributed by atoms with Crippen molar-refractivity contribution < 1.29 is 13.2 Å². The summed E-state index contributed by atoms with van der Waals surface area (Å²) in [6.07, 6.45) is 0. The Kier molecular flexibility index (Phi) is 5.96. The molecule has 0 bridgehead atoms. The van der Waals surface area contributed by atoms with Crippen molar-refractivity contribution in [2.45, 2.75) is 18.4 Å². The van der Waals surface area contributed by atoms with Gasteiger partial charge < -0.3 is 4.74 Å². The number of para-hydroxylation sites is 1. The smallest absolute Gasteiger partial charge is 0.345 e. The molecule has 2 aromatic carbocycles. The van der Waals surface area contributed by atoms with E-state index in [1.807, 2.05) is 30.3 Å². The van der Waals surface area contributed by atoms with Crippen LogP contribution < -0.4 is 15.1 Å². The van der Waals surface area contributed by atoms with Crippen molar-refractivity contribution in [3.05, 3.63) is 65.1 Å². The van der Waals surface area contributed by atoms with Crippen LogP contribution in [0, 0.1) is 0 Å². The second-order valence-corrected chi connectivity index (χ2v) is 7.77. The highest BCUT2D eigenvalue weighted by Crippen LogP contribution is 2.22. The Bertz CT molecular complexity index is 1100. The van der Waals surface area contributed by atoms with E-state index < -0.39 is 10.0 Å². The lowest BCUT2D eigenvalue weighted by Gasteiger charge is -2.11. The fraction of sp³-hybridized carbons (Fsp3) is 0.263. The highest BCUT2D eigenvalue weighted by Gasteiger charge is 2.19. The van der Waals surface area contributed by atoms with Gasteiger partial charge >= 0.3 is 5.69 Å². The van der Waals surface area contributed by atoms with Crippen LogP contribution in [0.5, 0.6) is 5.75 Å². The summed E-state index contributed by atoms with van der Waals surface area (Å²) >= 11 is 0. The van der Waals surface area contributed by atoms with Crippen LogP contribution >= 0.6 is 0 Å². The zero-order valence-electron chi connectivity index (χ0n) is 15.7.